The zero-order valence-corrected chi connectivity index (χ0v) is 10.0. The molecule has 2 nitrogen and oxygen atoms in total. The first-order chi connectivity index (χ1) is 7.08. The topological polar surface area (TPSA) is 39.2 Å². The SMILES string of the molecule is Cc1cc(C(N)c2cc(C)sc2C)co1. The van der Waals surface area contributed by atoms with Gasteiger partial charge in [0.25, 0.3) is 0 Å². The van der Waals surface area contributed by atoms with Crippen molar-refractivity contribution in [2.24, 2.45) is 5.73 Å². The molecule has 0 radical (unpaired) electrons. The molecule has 1 unspecified atom stereocenters. The molecule has 2 rings (SSSR count). The number of nitrogens with two attached hydrogens (primary N) is 1. The van der Waals surface area contributed by atoms with Gasteiger partial charge in [0.15, 0.2) is 0 Å². The number of hydrogen-bond acceptors (Lipinski definition) is 3. The van der Waals surface area contributed by atoms with Crippen LogP contribution in [0.25, 0.3) is 0 Å². The summed E-state index contributed by atoms with van der Waals surface area (Å²) >= 11 is 1.79. The van der Waals surface area contributed by atoms with E-state index in [1.807, 2.05) is 13.0 Å². The van der Waals surface area contributed by atoms with Crippen molar-refractivity contribution < 1.29 is 4.42 Å². The third-order valence-corrected chi connectivity index (χ3v) is 3.51. The lowest BCUT2D eigenvalue weighted by Crippen LogP contribution is -2.10. The molecule has 0 fully saturated rings. The molecule has 0 aliphatic heterocycles. The van der Waals surface area contributed by atoms with E-state index in [0.29, 0.717) is 0 Å². The van der Waals surface area contributed by atoms with E-state index in [9.17, 15) is 0 Å². The predicted molar refractivity (Wildman–Crippen MR) is 63.3 cm³/mol. The van der Waals surface area contributed by atoms with Gasteiger partial charge < -0.3 is 10.2 Å². The maximum Gasteiger partial charge on any atom is 0.101 e. The van der Waals surface area contributed by atoms with Gasteiger partial charge in [-0.2, -0.15) is 0 Å². The summed E-state index contributed by atoms with van der Waals surface area (Å²) in [5.41, 5.74) is 8.45. The van der Waals surface area contributed by atoms with Gasteiger partial charge in [0.2, 0.25) is 0 Å². The van der Waals surface area contributed by atoms with E-state index in [4.69, 9.17) is 10.2 Å². The summed E-state index contributed by atoms with van der Waals surface area (Å²) in [7, 11) is 0. The largest absolute Gasteiger partial charge is 0.469 e. The van der Waals surface area contributed by atoms with Gasteiger partial charge in [0.1, 0.15) is 5.76 Å². The van der Waals surface area contributed by atoms with Gasteiger partial charge in [-0.15, -0.1) is 11.3 Å². The maximum atomic E-state index is 6.19. The Kier molecular flexibility index (Phi) is 2.67. The molecule has 0 aliphatic rings. The number of hydrogen-bond donors (Lipinski definition) is 1. The van der Waals surface area contributed by atoms with Crippen molar-refractivity contribution in [3.05, 3.63) is 45.0 Å². The van der Waals surface area contributed by atoms with E-state index in [-0.39, 0.29) is 6.04 Å². The van der Waals surface area contributed by atoms with Gasteiger partial charge in [-0.1, -0.05) is 0 Å². The summed E-state index contributed by atoms with van der Waals surface area (Å²) in [5, 5.41) is 0. The number of rotatable bonds is 2. The highest BCUT2D eigenvalue weighted by molar-refractivity contribution is 7.12. The zero-order chi connectivity index (χ0) is 11.0. The van der Waals surface area contributed by atoms with E-state index in [1.165, 1.54) is 15.3 Å². The Morgan fingerprint density at radius 3 is 2.47 bits per heavy atom. The zero-order valence-electron chi connectivity index (χ0n) is 9.20. The second kappa shape index (κ2) is 3.83. The number of aryl methyl sites for hydroxylation is 3. The highest BCUT2D eigenvalue weighted by Gasteiger charge is 2.15. The molecule has 0 saturated carbocycles. The van der Waals surface area contributed by atoms with Crippen LogP contribution in [0, 0.1) is 20.8 Å². The molecule has 0 aliphatic carbocycles. The van der Waals surface area contributed by atoms with Crippen molar-refractivity contribution in [3.8, 4) is 0 Å². The summed E-state index contributed by atoms with van der Waals surface area (Å²) < 4.78 is 5.28. The molecular formula is C12H15NOS. The van der Waals surface area contributed by atoms with E-state index >= 15 is 0 Å². The molecule has 0 saturated heterocycles. The van der Waals surface area contributed by atoms with Gasteiger partial charge in [-0.3, -0.25) is 0 Å². The van der Waals surface area contributed by atoms with Crippen molar-refractivity contribution in [1.29, 1.82) is 0 Å². The lowest BCUT2D eigenvalue weighted by molar-refractivity contribution is 0.530. The highest BCUT2D eigenvalue weighted by atomic mass is 32.1. The second-order valence-corrected chi connectivity index (χ2v) is 5.30. The van der Waals surface area contributed by atoms with Crippen LogP contribution in [0.5, 0.6) is 0 Å². The lowest BCUT2D eigenvalue weighted by atomic mass is 10.0. The van der Waals surface area contributed by atoms with Crippen LogP contribution < -0.4 is 5.73 Å². The summed E-state index contributed by atoms with van der Waals surface area (Å²) in [5.74, 6) is 0.907. The summed E-state index contributed by atoms with van der Waals surface area (Å²) in [6.07, 6.45) is 1.74. The Morgan fingerprint density at radius 2 is 2.00 bits per heavy atom. The minimum absolute atomic E-state index is 0.0626. The van der Waals surface area contributed by atoms with Gasteiger partial charge in [-0.25, -0.2) is 0 Å². The quantitative estimate of drug-likeness (QED) is 0.845. The smallest absolute Gasteiger partial charge is 0.101 e. The van der Waals surface area contributed by atoms with E-state index < -0.39 is 0 Å². The molecule has 0 bridgehead atoms. The van der Waals surface area contributed by atoms with Crippen molar-refractivity contribution in [3.63, 3.8) is 0 Å². The third-order valence-electron chi connectivity index (χ3n) is 2.52. The fourth-order valence-electron chi connectivity index (χ4n) is 1.77. The van der Waals surface area contributed by atoms with Crippen molar-refractivity contribution in [2.75, 3.05) is 0 Å². The monoisotopic (exact) mass is 221 g/mol. The van der Waals surface area contributed by atoms with E-state index in [0.717, 1.165) is 11.3 Å². The van der Waals surface area contributed by atoms with Gasteiger partial charge in [0, 0.05) is 15.3 Å². The highest BCUT2D eigenvalue weighted by Crippen LogP contribution is 2.29. The molecule has 80 valence electrons. The Balaban J connectivity index is 2.35. The summed E-state index contributed by atoms with van der Waals surface area (Å²) in [6, 6.07) is 4.09. The Labute approximate surface area is 93.7 Å². The first kappa shape index (κ1) is 10.5. The fraction of sp³-hybridized carbons (Fsp3) is 0.333. The molecule has 2 heterocycles. The maximum absolute atomic E-state index is 6.19. The van der Waals surface area contributed by atoms with Crippen molar-refractivity contribution >= 4 is 11.3 Å². The molecule has 2 aromatic heterocycles. The van der Waals surface area contributed by atoms with Gasteiger partial charge in [0.05, 0.1) is 12.3 Å². The van der Waals surface area contributed by atoms with Crippen LogP contribution in [0.15, 0.2) is 22.8 Å². The fourth-order valence-corrected chi connectivity index (χ4v) is 2.74. The average Bonchev–Trinajstić information content (AvgIpc) is 2.71. The van der Waals surface area contributed by atoms with Crippen LogP contribution in [0.1, 0.15) is 32.7 Å². The Hall–Kier alpha value is -1.06. The minimum atomic E-state index is -0.0626. The van der Waals surface area contributed by atoms with Crippen LogP contribution in [-0.4, -0.2) is 0 Å². The molecule has 1 atom stereocenters. The first-order valence-corrected chi connectivity index (χ1v) is 5.77. The van der Waals surface area contributed by atoms with Crippen LogP contribution in [0.4, 0.5) is 0 Å². The Morgan fingerprint density at radius 1 is 1.27 bits per heavy atom. The first-order valence-electron chi connectivity index (χ1n) is 4.95. The van der Waals surface area contributed by atoms with Crippen LogP contribution >= 0.6 is 11.3 Å². The van der Waals surface area contributed by atoms with E-state index in [1.54, 1.807) is 17.6 Å². The lowest BCUT2D eigenvalue weighted by Gasteiger charge is -2.08. The molecule has 0 amide bonds. The molecule has 0 aromatic carbocycles. The molecule has 0 spiro atoms. The van der Waals surface area contributed by atoms with E-state index in [2.05, 4.69) is 19.9 Å². The van der Waals surface area contributed by atoms with Crippen molar-refractivity contribution in [1.82, 2.24) is 0 Å². The van der Waals surface area contributed by atoms with Crippen LogP contribution in [0.2, 0.25) is 0 Å². The number of furan rings is 1. The third kappa shape index (κ3) is 1.98. The second-order valence-electron chi connectivity index (χ2n) is 3.84. The predicted octanol–water partition coefficient (Wildman–Crippen LogP) is 3.31. The Bertz CT molecular complexity index is 470. The van der Waals surface area contributed by atoms with Crippen molar-refractivity contribution in [2.45, 2.75) is 26.8 Å². The molecule has 2 N–H and O–H groups in total. The van der Waals surface area contributed by atoms with Gasteiger partial charge >= 0.3 is 0 Å². The molecular weight excluding hydrogens is 206 g/mol. The minimum Gasteiger partial charge on any atom is -0.469 e. The van der Waals surface area contributed by atoms with Crippen LogP contribution in [0.3, 0.4) is 0 Å². The van der Waals surface area contributed by atoms with Gasteiger partial charge in [-0.05, 0) is 38.5 Å². The molecule has 15 heavy (non-hydrogen) atoms. The standard InChI is InChI=1S/C12H15NOS/c1-7-4-10(6-14-7)12(13)11-5-8(2)15-9(11)3/h4-6,12H,13H2,1-3H3. The van der Waals surface area contributed by atoms with Crippen LogP contribution in [-0.2, 0) is 0 Å². The molecule has 3 heteroatoms. The average molecular weight is 221 g/mol. The summed E-state index contributed by atoms with van der Waals surface area (Å²) in [6.45, 7) is 6.15. The normalized spacial score (nSPS) is 13.1. The molecule has 2 aromatic rings. The summed E-state index contributed by atoms with van der Waals surface area (Å²) in [4.78, 5) is 2.59. The number of thiophene rings is 1.